The number of carbonyl (C=O) groups is 1. The van der Waals surface area contributed by atoms with E-state index in [1.165, 1.54) is 12.1 Å². The summed E-state index contributed by atoms with van der Waals surface area (Å²) in [6, 6.07) is 13.9. The molecule has 1 N–H and O–H groups in total. The van der Waals surface area contributed by atoms with Gasteiger partial charge >= 0.3 is 5.97 Å². The largest absolute Gasteiger partial charge is 0.479 e. The van der Waals surface area contributed by atoms with Crippen LogP contribution in [0.2, 0.25) is 0 Å². The van der Waals surface area contributed by atoms with Crippen molar-refractivity contribution in [2.75, 3.05) is 6.61 Å². The van der Waals surface area contributed by atoms with Crippen LogP contribution in [0.25, 0.3) is 22.4 Å². The second-order valence-corrected chi connectivity index (χ2v) is 7.35. The maximum atomic E-state index is 13.2. The number of hydrogen-bond acceptors (Lipinski definition) is 4. The first-order valence-electron chi connectivity index (χ1n) is 10.1. The molecule has 0 saturated carbocycles. The molecule has 0 bridgehead atoms. The highest BCUT2D eigenvalue weighted by Crippen LogP contribution is 2.25. The zero-order chi connectivity index (χ0) is 22.0. The van der Waals surface area contributed by atoms with E-state index in [1.54, 1.807) is 19.1 Å². The molecule has 0 amide bonds. The van der Waals surface area contributed by atoms with Gasteiger partial charge in [0, 0.05) is 30.3 Å². The molecule has 6 nitrogen and oxygen atoms in total. The van der Waals surface area contributed by atoms with Gasteiger partial charge in [0.05, 0.1) is 6.54 Å². The van der Waals surface area contributed by atoms with Crippen LogP contribution in [0.1, 0.15) is 23.9 Å². The fourth-order valence-corrected chi connectivity index (χ4v) is 3.60. The van der Waals surface area contributed by atoms with Crippen LogP contribution in [0.15, 0.2) is 59.1 Å². The van der Waals surface area contributed by atoms with Crippen molar-refractivity contribution in [3.8, 4) is 11.5 Å². The molecular formula is C24H23FN2O4. The molecule has 0 spiro atoms. The third kappa shape index (κ3) is 4.51. The van der Waals surface area contributed by atoms with E-state index in [4.69, 9.17) is 9.15 Å². The molecule has 160 valence electrons. The van der Waals surface area contributed by atoms with Crippen LogP contribution < -0.4 is 0 Å². The van der Waals surface area contributed by atoms with Crippen molar-refractivity contribution in [3.05, 3.63) is 77.6 Å². The van der Waals surface area contributed by atoms with Gasteiger partial charge in [0.25, 0.3) is 0 Å². The van der Waals surface area contributed by atoms with Crippen LogP contribution in [0.4, 0.5) is 4.39 Å². The highest BCUT2D eigenvalue weighted by atomic mass is 19.1. The summed E-state index contributed by atoms with van der Waals surface area (Å²) in [5.74, 6) is -0.0972. The Hall–Kier alpha value is -3.45. The van der Waals surface area contributed by atoms with E-state index in [1.807, 2.05) is 37.4 Å². The van der Waals surface area contributed by atoms with Gasteiger partial charge in [-0.25, -0.2) is 14.2 Å². The van der Waals surface area contributed by atoms with Crippen molar-refractivity contribution in [1.82, 2.24) is 9.55 Å². The van der Waals surface area contributed by atoms with Gasteiger partial charge in [-0.3, -0.25) is 0 Å². The third-order valence-electron chi connectivity index (χ3n) is 5.20. The summed E-state index contributed by atoms with van der Waals surface area (Å²) in [7, 11) is 0. The average molecular weight is 422 g/mol. The molecular weight excluding hydrogens is 399 g/mol. The van der Waals surface area contributed by atoms with E-state index in [2.05, 4.69) is 9.55 Å². The van der Waals surface area contributed by atoms with Gasteiger partial charge in [0.15, 0.2) is 6.10 Å². The molecule has 1 unspecified atom stereocenters. The first kappa shape index (κ1) is 20.8. The van der Waals surface area contributed by atoms with E-state index >= 15 is 0 Å². The van der Waals surface area contributed by atoms with Crippen molar-refractivity contribution in [2.45, 2.75) is 32.9 Å². The van der Waals surface area contributed by atoms with Crippen molar-refractivity contribution >= 4 is 16.9 Å². The van der Waals surface area contributed by atoms with Crippen LogP contribution in [-0.4, -0.2) is 33.3 Å². The van der Waals surface area contributed by atoms with E-state index < -0.39 is 12.1 Å². The highest BCUT2D eigenvalue weighted by molar-refractivity contribution is 5.81. The van der Waals surface area contributed by atoms with E-state index in [-0.39, 0.29) is 5.82 Å². The van der Waals surface area contributed by atoms with Gasteiger partial charge in [0.1, 0.15) is 17.3 Å². The molecule has 7 heteroatoms. The van der Waals surface area contributed by atoms with Crippen LogP contribution in [0, 0.1) is 12.7 Å². The number of carboxylic acid groups (broad SMARTS) is 1. The number of rotatable bonds is 8. The number of benzene rings is 2. The molecule has 2 aromatic carbocycles. The van der Waals surface area contributed by atoms with E-state index in [0.717, 1.165) is 27.7 Å². The van der Waals surface area contributed by atoms with Crippen LogP contribution in [0.3, 0.4) is 0 Å². The van der Waals surface area contributed by atoms with Crippen LogP contribution in [0.5, 0.6) is 0 Å². The fourth-order valence-electron chi connectivity index (χ4n) is 3.60. The fraction of sp³-hybridized carbons (Fsp3) is 0.250. The second kappa shape index (κ2) is 8.73. The smallest absolute Gasteiger partial charge is 0.333 e. The zero-order valence-corrected chi connectivity index (χ0v) is 17.3. The van der Waals surface area contributed by atoms with Crippen molar-refractivity contribution in [2.24, 2.45) is 0 Å². The predicted molar refractivity (Wildman–Crippen MR) is 114 cm³/mol. The van der Waals surface area contributed by atoms with Crippen molar-refractivity contribution in [3.63, 3.8) is 0 Å². The Morgan fingerprint density at radius 2 is 2.00 bits per heavy atom. The number of halogens is 1. The quantitative estimate of drug-likeness (QED) is 0.440. The van der Waals surface area contributed by atoms with E-state index in [9.17, 15) is 14.3 Å². The van der Waals surface area contributed by atoms with Crippen LogP contribution in [-0.2, 0) is 22.5 Å². The Kier molecular flexibility index (Phi) is 5.86. The normalized spacial score (nSPS) is 12.4. The van der Waals surface area contributed by atoms with Gasteiger partial charge in [-0.1, -0.05) is 6.07 Å². The molecule has 0 radical (unpaired) electrons. The van der Waals surface area contributed by atoms with E-state index in [0.29, 0.717) is 31.2 Å². The van der Waals surface area contributed by atoms with Crippen molar-refractivity contribution in [1.29, 1.82) is 0 Å². The number of fused-ring (bicyclic) bond motifs is 1. The summed E-state index contributed by atoms with van der Waals surface area (Å²) in [6.07, 6.45) is 1.43. The molecule has 0 aliphatic rings. The number of aromatic nitrogens is 2. The lowest BCUT2D eigenvalue weighted by Gasteiger charge is -2.12. The lowest BCUT2D eigenvalue weighted by molar-refractivity contribution is -0.149. The maximum Gasteiger partial charge on any atom is 0.333 e. The first-order valence-corrected chi connectivity index (χ1v) is 10.1. The van der Waals surface area contributed by atoms with Crippen LogP contribution >= 0.6 is 0 Å². The Morgan fingerprint density at radius 1 is 1.23 bits per heavy atom. The summed E-state index contributed by atoms with van der Waals surface area (Å²) >= 11 is 0. The minimum atomic E-state index is -0.960. The summed E-state index contributed by atoms with van der Waals surface area (Å²) in [6.45, 7) is 4.52. The Labute approximate surface area is 178 Å². The monoisotopic (exact) mass is 422 g/mol. The van der Waals surface area contributed by atoms with Gasteiger partial charge in [-0.15, -0.1) is 0 Å². The summed E-state index contributed by atoms with van der Waals surface area (Å²) < 4.78 is 26.3. The summed E-state index contributed by atoms with van der Waals surface area (Å²) in [5.41, 5.74) is 3.43. The summed E-state index contributed by atoms with van der Waals surface area (Å²) in [4.78, 5) is 16.0. The second-order valence-electron chi connectivity index (χ2n) is 7.35. The number of aryl methyl sites for hydroxylation is 1. The molecule has 0 aliphatic carbocycles. The topological polar surface area (TPSA) is 77.5 Å². The van der Waals surface area contributed by atoms with Gasteiger partial charge in [0.2, 0.25) is 5.89 Å². The molecule has 0 aliphatic heterocycles. The Balaban J connectivity index is 1.56. The number of nitrogens with zero attached hydrogens (tertiary/aromatic N) is 2. The lowest BCUT2D eigenvalue weighted by Crippen LogP contribution is -2.26. The Morgan fingerprint density at radius 3 is 2.71 bits per heavy atom. The third-order valence-corrected chi connectivity index (χ3v) is 5.20. The average Bonchev–Trinajstić information content (AvgIpc) is 3.31. The molecule has 1 atom stereocenters. The number of hydrogen-bond donors (Lipinski definition) is 1. The summed E-state index contributed by atoms with van der Waals surface area (Å²) in [5, 5.41) is 10.3. The number of carboxylic acids is 1. The molecule has 0 fully saturated rings. The zero-order valence-electron chi connectivity index (χ0n) is 17.3. The molecule has 4 aromatic rings. The minimum absolute atomic E-state index is 0.304. The Bertz CT molecular complexity index is 1210. The molecule has 31 heavy (non-hydrogen) atoms. The van der Waals surface area contributed by atoms with Gasteiger partial charge in [-0.05, 0) is 67.3 Å². The molecule has 2 aromatic heterocycles. The molecule has 2 heterocycles. The highest BCUT2D eigenvalue weighted by Gasteiger charge is 2.18. The molecule has 4 rings (SSSR count). The lowest BCUT2D eigenvalue weighted by atomic mass is 10.1. The molecule has 0 saturated heterocycles. The first-order chi connectivity index (χ1) is 14.9. The number of aliphatic carboxylic acids is 1. The number of oxazole rings is 1. The standard InChI is InChI=1S/C24H23FN2O4/c1-3-30-22(24(28)29)13-16-4-9-21-18(12-16)10-11-27(21)14-20-15(2)31-23(26-20)17-5-7-19(25)8-6-17/h4-12,22H,3,13-14H2,1-2H3,(H,28,29). The van der Waals surface area contributed by atoms with Gasteiger partial charge < -0.3 is 18.8 Å². The maximum absolute atomic E-state index is 13.2. The van der Waals surface area contributed by atoms with Gasteiger partial charge in [-0.2, -0.15) is 0 Å². The predicted octanol–water partition coefficient (Wildman–Crippen LogP) is 4.82. The number of ether oxygens (including phenoxy) is 1. The SMILES string of the molecule is CCOC(Cc1ccc2c(ccn2Cc2nc(-c3ccc(F)cc3)oc2C)c1)C(=O)O. The van der Waals surface area contributed by atoms with Crippen molar-refractivity contribution < 1.29 is 23.4 Å². The minimum Gasteiger partial charge on any atom is -0.479 e.